The van der Waals surface area contributed by atoms with Crippen molar-refractivity contribution in [1.82, 2.24) is 0 Å². The Morgan fingerprint density at radius 1 is 1.36 bits per heavy atom. The first-order chi connectivity index (χ1) is 5.00. The smallest absolute Gasteiger partial charge is 0.0727 e. The average Bonchev–Trinajstić information content (AvgIpc) is 1.86. The molecule has 0 atom stereocenters. The van der Waals surface area contributed by atoms with Crippen LogP contribution >= 0.6 is 0 Å². The summed E-state index contributed by atoms with van der Waals surface area (Å²) in [5, 5.41) is 0. The molecule has 1 nitrogen and oxygen atoms in total. The third-order valence-corrected chi connectivity index (χ3v) is 1.72. The van der Waals surface area contributed by atoms with Crippen molar-refractivity contribution in [1.29, 1.82) is 0 Å². The Balaban J connectivity index is 3.06. The summed E-state index contributed by atoms with van der Waals surface area (Å²) in [6.45, 7) is 6.59. The predicted octanol–water partition coefficient (Wildman–Crippen LogP) is 1.91. The summed E-state index contributed by atoms with van der Waals surface area (Å²) in [5.74, 6) is 0. The van der Waals surface area contributed by atoms with E-state index in [-0.39, 0.29) is 5.41 Å². The van der Waals surface area contributed by atoms with E-state index in [0.29, 0.717) is 0 Å². The summed E-state index contributed by atoms with van der Waals surface area (Å²) in [5.41, 5.74) is 1.54. The summed E-state index contributed by atoms with van der Waals surface area (Å²) < 4.78 is 1.83. The van der Waals surface area contributed by atoms with Gasteiger partial charge in [-0.3, -0.25) is 0 Å². The molecule has 60 valence electrons. The average molecular weight is 149 g/mol. The molecule has 1 aromatic heterocycles. The first-order valence-electron chi connectivity index (χ1n) is 3.83. The van der Waals surface area contributed by atoms with Crippen molar-refractivity contribution >= 4 is 0 Å². The topological polar surface area (TPSA) is 3.88 Å². The summed E-state index contributed by atoms with van der Waals surface area (Å²) in [6, 6.07) is 4.15. The quantitative estimate of drug-likeness (QED) is 0.392. The van der Waals surface area contributed by atoms with Crippen LogP contribution in [0.4, 0.5) is 0 Å². The van der Waals surface area contributed by atoms with Crippen LogP contribution in [-0.4, -0.2) is 0 Å². The molecule has 1 heteroatoms. The van der Waals surface area contributed by atoms with Crippen LogP contribution in [0.3, 0.4) is 0 Å². The zero-order chi connectivity index (χ0) is 8.48. The second-order valence-electron chi connectivity index (χ2n) is 3.86. The number of hydrogen-bond donors (Lipinski definition) is 0. The Kier molecular flexibility index (Phi) is 1.90. The van der Waals surface area contributed by atoms with E-state index >= 15 is 0 Å². The first-order valence-corrected chi connectivity index (χ1v) is 3.83. The second kappa shape index (κ2) is 2.57. The lowest BCUT2D eigenvalue weighted by Gasteiger charge is -2.19. The normalized spacial score (nSPS) is 11.5. The van der Waals surface area contributed by atoms with Crippen LogP contribution in [0.2, 0.25) is 0 Å². The number of hydrogen-bond acceptors (Lipinski definition) is 0. The Bertz CT molecular complexity index is 245. The van der Waals surface area contributed by atoms with Crippen molar-refractivity contribution in [2.24, 2.45) is 0 Å². The molecule has 0 aliphatic carbocycles. The van der Waals surface area contributed by atoms with Crippen LogP contribution in [0.5, 0.6) is 0 Å². The van der Waals surface area contributed by atoms with E-state index in [1.165, 1.54) is 5.56 Å². The van der Waals surface area contributed by atoms with Crippen molar-refractivity contribution in [3.8, 4) is 0 Å². The van der Waals surface area contributed by atoms with E-state index in [1.807, 2.05) is 16.8 Å². The minimum atomic E-state index is 0.223. The molecular weight excluding hydrogens is 134 g/mol. The van der Waals surface area contributed by atoms with E-state index in [0.717, 1.165) is 0 Å². The predicted molar refractivity (Wildman–Crippen MR) is 46.1 cm³/mol. The van der Waals surface area contributed by atoms with E-state index in [4.69, 9.17) is 0 Å². The molecule has 0 amide bonds. The van der Waals surface area contributed by atoms with E-state index in [2.05, 4.69) is 40.1 Å². The maximum Gasteiger partial charge on any atom is 0.0727 e. The Morgan fingerprint density at radius 2 is 2.00 bits per heavy atom. The molecule has 0 spiro atoms. The lowest BCUT2D eigenvalue weighted by atomic mass is 9.88. The number of nitrogens with zero attached hydrogens (tertiary/aromatic N) is 1. The first kappa shape index (κ1) is 8.12. The van der Waals surface area contributed by atoms with Gasteiger partial charge in [0.15, 0.2) is 0 Å². The standard InChI is InChI=1S/C10H15N/c1-10(2,3)9-6-5-7-11(4)8-9/h5-8H,4H2,1-3H3. The van der Waals surface area contributed by atoms with Crippen LogP contribution in [-0.2, 0) is 5.41 Å². The summed E-state index contributed by atoms with van der Waals surface area (Å²) in [6.07, 6.45) is 4.00. The highest BCUT2D eigenvalue weighted by Crippen LogP contribution is 2.19. The molecule has 0 radical (unpaired) electrons. The molecule has 0 fully saturated rings. The van der Waals surface area contributed by atoms with Gasteiger partial charge in [0.25, 0.3) is 0 Å². The zero-order valence-corrected chi connectivity index (χ0v) is 7.46. The molecule has 0 saturated carbocycles. The fourth-order valence-electron chi connectivity index (χ4n) is 0.966. The van der Waals surface area contributed by atoms with Gasteiger partial charge < -0.3 is 4.57 Å². The fraction of sp³-hybridized carbons (Fsp3) is 0.400. The van der Waals surface area contributed by atoms with Crippen LogP contribution in [0.15, 0.2) is 24.5 Å². The van der Waals surface area contributed by atoms with Gasteiger partial charge in [0.05, 0.1) is 12.4 Å². The molecule has 0 aliphatic rings. The van der Waals surface area contributed by atoms with Crippen LogP contribution in [0.25, 0.3) is 0 Å². The van der Waals surface area contributed by atoms with E-state index < -0.39 is 0 Å². The molecule has 0 saturated heterocycles. The second-order valence-corrected chi connectivity index (χ2v) is 3.86. The monoisotopic (exact) mass is 149 g/mol. The van der Waals surface area contributed by atoms with Crippen molar-refractivity contribution in [2.45, 2.75) is 26.2 Å². The van der Waals surface area contributed by atoms with Crippen molar-refractivity contribution in [2.75, 3.05) is 0 Å². The highest BCUT2D eigenvalue weighted by Gasteiger charge is 2.12. The Labute approximate surface area is 68.7 Å². The summed E-state index contributed by atoms with van der Waals surface area (Å²) in [4.78, 5) is 0. The highest BCUT2D eigenvalue weighted by atomic mass is 14.9. The lowest BCUT2D eigenvalue weighted by molar-refractivity contribution is -0.613. The molecule has 1 heterocycles. The van der Waals surface area contributed by atoms with Gasteiger partial charge in [0, 0.05) is 7.05 Å². The van der Waals surface area contributed by atoms with Crippen molar-refractivity contribution in [3.05, 3.63) is 37.1 Å². The van der Waals surface area contributed by atoms with Gasteiger partial charge in [-0.05, 0) is 11.0 Å². The van der Waals surface area contributed by atoms with E-state index in [9.17, 15) is 0 Å². The van der Waals surface area contributed by atoms with Gasteiger partial charge in [0.2, 0.25) is 0 Å². The van der Waals surface area contributed by atoms with Gasteiger partial charge in [0.1, 0.15) is 0 Å². The number of rotatable bonds is 0. The lowest BCUT2D eigenvalue weighted by Crippen LogP contribution is -2.27. The van der Waals surface area contributed by atoms with Crippen LogP contribution in [0, 0.1) is 7.05 Å². The molecule has 0 aliphatic heterocycles. The largest absolute Gasteiger partial charge is 0.339 e. The van der Waals surface area contributed by atoms with Gasteiger partial charge >= 0.3 is 0 Å². The maximum atomic E-state index is 3.81. The van der Waals surface area contributed by atoms with Crippen LogP contribution < -0.4 is 4.57 Å². The zero-order valence-electron chi connectivity index (χ0n) is 7.46. The SMILES string of the molecule is [CH2-][n+]1cccc(C(C)(C)C)c1. The number of pyridine rings is 1. The molecule has 0 aromatic carbocycles. The molecular formula is C10H15N. The highest BCUT2D eigenvalue weighted by molar-refractivity contribution is 5.15. The molecule has 11 heavy (non-hydrogen) atoms. The third kappa shape index (κ3) is 1.97. The minimum Gasteiger partial charge on any atom is -0.339 e. The van der Waals surface area contributed by atoms with E-state index in [1.54, 1.807) is 0 Å². The van der Waals surface area contributed by atoms with Crippen molar-refractivity contribution < 1.29 is 4.57 Å². The Hall–Kier alpha value is -0.980. The van der Waals surface area contributed by atoms with Gasteiger partial charge in [-0.15, -0.1) is 0 Å². The molecule has 0 unspecified atom stereocenters. The van der Waals surface area contributed by atoms with Gasteiger partial charge in [-0.25, -0.2) is 0 Å². The minimum absolute atomic E-state index is 0.223. The van der Waals surface area contributed by atoms with Crippen molar-refractivity contribution in [3.63, 3.8) is 0 Å². The van der Waals surface area contributed by atoms with Gasteiger partial charge in [-0.2, -0.15) is 0 Å². The van der Waals surface area contributed by atoms with Crippen LogP contribution in [0.1, 0.15) is 26.3 Å². The Morgan fingerprint density at radius 3 is 2.36 bits per heavy atom. The maximum absolute atomic E-state index is 3.81. The third-order valence-electron chi connectivity index (χ3n) is 1.72. The molecule has 1 aromatic rings. The van der Waals surface area contributed by atoms with Gasteiger partial charge in [-0.1, -0.05) is 32.9 Å². The molecule has 0 N–H and O–H groups in total. The summed E-state index contributed by atoms with van der Waals surface area (Å²) in [7, 11) is 3.81. The fourth-order valence-corrected chi connectivity index (χ4v) is 0.966. The molecule has 0 bridgehead atoms. The molecule has 1 rings (SSSR count). The number of aromatic nitrogens is 1. The summed E-state index contributed by atoms with van der Waals surface area (Å²) >= 11 is 0.